The van der Waals surface area contributed by atoms with Gasteiger partial charge in [0.25, 0.3) is 0 Å². The van der Waals surface area contributed by atoms with E-state index in [1.54, 1.807) is 29.4 Å². The fourth-order valence-electron chi connectivity index (χ4n) is 3.12. The number of para-hydroxylation sites is 1. The highest BCUT2D eigenvalue weighted by atomic mass is 32.2. The molecule has 0 fully saturated rings. The summed E-state index contributed by atoms with van der Waals surface area (Å²) in [6, 6.07) is 8.29. The van der Waals surface area contributed by atoms with Gasteiger partial charge >= 0.3 is 0 Å². The van der Waals surface area contributed by atoms with Crippen LogP contribution in [0.3, 0.4) is 0 Å². The number of thiazole rings is 1. The lowest BCUT2D eigenvalue weighted by atomic mass is 9.97. The number of aryl methyl sites for hydroxylation is 2. The maximum absolute atomic E-state index is 4.74. The van der Waals surface area contributed by atoms with Crippen molar-refractivity contribution < 1.29 is 0 Å². The molecule has 0 spiro atoms. The molecule has 0 N–H and O–H groups in total. The third-order valence-electron chi connectivity index (χ3n) is 4.17. The van der Waals surface area contributed by atoms with Crippen molar-refractivity contribution in [3.05, 3.63) is 41.0 Å². The predicted octanol–water partition coefficient (Wildman–Crippen LogP) is 5.33. The predicted molar refractivity (Wildman–Crippen MR) is 97.8 cm³/mol. The largest absolute Gasteiger partial charge is 0.229 e. The van der Waals surface area contributed by atoms with Gasteiger partial charge in [-0.15, -0.1) is 22.7 Å². The number of aromatic nitrogens is 3. The molecule has 0 amide bonds. The first-order valence-corrected chi connectivity index (χ1v) is 10.1. The van der Waals surface area contributed by atoms with Crippen molar-refractivity contribution in [2.45, 2.75) is 35.0 Å². The van der Waals surface area contributed by atoms with Gasteiger partial charge in [-0.1, -0.05) is 12.1 Å². The molecule has 0 saturated carbocycles. The molecular weight excluding hydrogens is 342 g/mol. The molecule has 1 aliphatic carbocycles. The van der Waals surface area contributed by atoms with Crippen LogP contribution in [-0.4, -0.2) is 15.0 Å². The van der Waals surface area contributed by atoms with Gasteiger partial charge in [-0.2, -0.15) is 0 Å². The topological polar surface area (TPSA) is 38.7 Å². The molecule has 0 aliphatic heterocycles. The monoisotopic (exact) mass is 355 g/mol. The van der Waals surface area contributed by atoms with Crippen molar-refractivity contribution >= 4 is 54.9 Å². The zero-order chi connectivity index (χ0) is 15.2. The van der Waals surface area contributed by atoms with E-state index < -0.39 is 0 Å². The molecule has 0 bridgehead atoms. The van der Waals surface area contributed by atoms with E-state index in [1.807, 2.05) is 17.4 Å². The average Bonchev–Trinajstić information content (AvgIpc) is 3.15. The lowest BCUT2D eigenvalue weighted by molar-refractivity contribution is 0.699. The van der Waals surface area contributed by atoms with E-state index in [-0.39, 0.29) is 0 Å². The van der Waals surface area contributed by atoms with Gasteiger partial charge in [0.15, 0.2) is 4.34 Å². The second kappa shape index (κ2) is 5.54. The molecular formula is C17H13N3S3. The van der Waals surface area contributed by atoms with Gasteiger partial charge in [0.1, 0.15) is 16.2 Å². The van der Waals surface area contributed by atoms with Crippen molar-refractivity contribution in [3.8, 4) is 0 Å². The zero-order valence-electron chi connectivity index (χ0n) is 12.3. The quantitative estimate of drug-likeness (QED) is 0.456. The van der Waals surface area contributed by atoms with Crippen LogP contribution in [0.5, 0.6) is 0 Å². The molecule has 3 aromatic heterocycles. The summed E-state index contributed by atoms with van der Waals surface area (Å²) in [5, 5.41) is 2.34. The molecule has 0 unspecified atom stereocenters. The summed E-state index contributed by atoms with van der Waals surface area (Å²) in [7, 11) is 0. The number of benzene rings is 1. The number of thiophene rings is 1. The summed E-state index contributed by atoms with van der Waals surface area (Å²) in [4.78, 5) is 16.5. The molecule has 3 nitrogen and oxygen atoms in total. The van der Waals surface area contributed by atoms with Gasteiger partial charge in [0, 0.05) is 10.3 Å². The SMILES string of the molecule is c1ccc2sc(Sc3ncnc4sc5c(c34)CCCC5)nc2c1. The van der Waals surface area contributed by atoms with E-state index in [1.165, 1.54) is 39.8 Å². The Bertz CT molecular complexity index is 985. The number of rotatable bonds is 2. The normalized spacial score (nSPS) is 14.4. The fourth-order valence-corrected chi connectivity index (χ4v) is 6.51. The van der Waals surface area contributed by atoms with E-state index in [9.17, 15) is 0 Å². The van der Waals surface area contributed by atoms with E-state index in [4.69, 9.17) is 4.98 Å². The van der Waals surface area contributed by atoms with Crippen LogP contribution in [0.1, 0.15) is 23.3 Å². The van der Waals surface area contributed by atoms with Crippen molar-refractivity contribution in [1.82, 2.24) is 15.0 Å². The molecule has 114 valence electrons. The molecule has 3 heterocycles. The van der Waals surface area contributed by atoms with Crippen molar-refractivity contribution in [2.75, 3.05) is 0 Å². The summed E-state index contributed by atoms with van der Waals surface area (Å²) in [5.74, 6) is 0. The lowest BCUT2D eigenvalue weighted by Gasteiger charge is -2.10. The third kappa shape index (κ3) is 2.36. The van der Waals surface area contributed by atoms with Gasteiger partial charge < -0.3 is 0 Å². The Balaban J connectivity index is 1.63. The number of hydrogen-bond donors (Lipinski definition) is 0. The smallest absolute Gasteiger partial charge is 0.157 e. The van der Waals surface area contributed by atoms with E-state index in [0.29, 0.717) is 0 Å². The van der Waals surface area contributed by atoms with Gasteiger partial charge in [0.2, 0.25) is 0 Å². The molecule has 5 rings (SSSR count). The highest BCUT2D eigenvalue weighted by Crippen LogP contribution is 2.42. The van der Waals surface area contributed by atoms with Crippen molar-refractivity contribution in [3.63, 3.8) is 0 Å². The summed E-state index contributed by atoms with van der Waals surface area (Å²) >= 11 is 5.27. The minimum atomic E-state index is 1.06. The van der Waals surface area contributed by atoms with Crippen LogP contribution in [0.25, 0.3) is 20.4 Å². The van der Waals surface area contributed by atoms with Crippen LogP contribution in [0, 0.1) is 0 Å². The maximum atomic E-state index is 4.74. The Morgan fingerprint density at radius 3 is 2.87 bits per heavy atom. The van der Waals surface area contributed by atoms with Gasteiger partial charge in [0.05, 0.1) is 10.2 Å². The Kier molecular flexibility index (Phi) is 3.35. The summed E-state index contributed by atoms with van der Waals surface area (Å²) < 4.78 is 2.29. The van der Waals surface area contributed by atoms with Crippen LogP contribution < -0.4 is 0 Å². The second-order valence-corrected chi connectivity index (χ2v) is 8.97. The Morgan fingerprint density at radius 1 is 1.00 bits per heavy atom. The van der Waals surface area contributed by atoms with E-state index in [0.717, 1.165) is 26.1 Å². The van der Waals surface area contributed by atoms with Gasteiger partial charge in [-0.25, -0.2) is 15.0 Å². The summed E-state index contributed by atoms with van der Waals surface area (Å²) in [5.41, 5.74) is 2.55. The van der Waals surface area contributed by atoms with E-state index in [2.05, 4.69) is 28.2 Å². The molecule has 4 aromatic rings. The Morgan fingerprint density at radius 2 is 1.91 bits per heavy atom. The molecule has 0 atom stereocenters. The highest BCUT2D eigenvalue weighted by Gasteiger charge is 2.20. The number of nitrogens with zero attached hydrogens (tertiary/aromatic N) is 3. The molecule has 0 radical (unpaired) electrons. The summed E-state index contributed by atoms with van der Waals surface area (Å²) in [6.07, 6.45) is 6.63. The van der Waals surface area contributed by atoms with Gasteiger partial charge in [-0.3, -0.25) is 0 Å². The molecule has 0 saturated heterocycles. The molecule has 1 aromatic carbocycles. The summed E-state index contributed by atoms with van der Waals surface area (Å²) in [6.45, 7) is 0. The van der Waals surface area contributed by atoms with Crippen molar-refractivity contribution in [1.29, 1.82) is 0 Å². The minimum Gasteiger partial charge on any atom is -0.229 e. The van der Waals surface area contributed by atoms with Crippen LogP contribution in [0.2, 0.25) is 0 Å². The zero-order valence-corrected chi connectivity index (χ0v) is 14.7. The maximum Gasteiger partial charge on any atom is 0.157 e. The highest BCUT2D eigenvalue weighted by molar-refractivity contribution is 8.01. The number of fused-ring (bicyclic) bond motifs is 4. The molecule has 1 aliphatic rings. The van der Waals surface area contributed by atoms with Crippen molar-refractivity contribution in [2.24, 2.45) is 0 Å². The van der Waals surface area contributed by atoms with Crippen LogP contribution in [0.15, 0.2) is 40.0 Å². The van der Waals surface area contributed by atoms with Gasteiger partial charge in [-0.05, 0) is 55.1 Å². The first-order valence-electron chi connectivity index (χ1n) is 7.67. The van der Waals surface area contributed by atoms with E-state index >= 15 is 0 Å². The standard InChI is InChI=1S/C17H13N3S3/c1-3-7-12-10(5-1)14-15(21-12)18-9-19-16(14)23-17-20-11-6-2-4-8-13(11)22-17/h2,4,6,8-9H,1,3,5,7H2. The third-order valence-corrected chi connectivity index (χ3v) is 7.47. The first-order chi connectivity index (χ1) is 11.4. The molecule has 6 heteroatoms. The average molecular weight is 356 g/mol. The second-order valence-electron chi connectivity index (χ2n) is 5.62. The van der Waals surface area contributed by atoms with Crippen LogP contribution in [0.4, 0.5) is 0 Å². The van der Waals surface area contributed by atoms with Crippen LogP contribution in [-0.2, 0) is 12.8 Å². The van der Waals surface area contributed by atoms with Crippen LogP contribution >= 0.6 is 34.4 Å². The lowest BCUT2D eigenvalue weighted by Crippen LogP contribution is -1.98. The minimum absolute atomic E-state index is 1.06. The first kappa shape index (κ1) is 13.9. The Hall–Kier alpha value is -1.50. The number of hydrogen-bond acceptors (Lipinski definition) is 6. The Labute approximate surface area is 145 Å². The fraction of sp³-hybridized carbons (Fsp3) is 0.235. The molecule has 23 heavy (non-hydrogen) atoms.